The number of aromatic nitrogens is 1. The van der Waals surface area contributed by atoms with Crippen LogP contribution < -0.4 is 5.32 Å². The van der Waals surface area contributed by atoms with Crippen LogP contribution in [-0.4, -0.2) is 17.0 Å². The molecule has 1 heterocycles. The normalized spacial score (nSPS) is 10.3. The first kappa shape index (κ1) is 13.6. The molecular weight excluding hydrogens is 407 g/mol. The van der Waals surface area contributed by atoms with E-state index in [0.717, 1.165) is 14.6 Å². The molecule has 0 unspecified atom stereocenters. The maximum absolute atomic E-state index is 12.0. The second-order valence-corrected chi connectivity index (χ2v) is 5.88. The van der Waals surface area contributed by atoms with Crippen molar-refractivity contribution in [1.82, 2.24) is 9.88 Å². The van der Waals surface area contributed by atoms with E-state index in [-0.39, 0.29) is 5.91 Å². The molecule has 0 radical (unpaired) electrons. The Morgan fingerprint density at radius 3 is 2.78 bits per heavy atom. The lowest BCUT2D eigenvalue weighted by molar-refractivity contribution is 0.0951. The highest BCUT2D eigenvalue weighted by Gasteiger charge is 2.09. The van der Waals surface area contributed by atoms with Gasteiger partial charge in [0.1, 0.15) is 0 Å². The van der Waals surface area contributed by atoms with Gasteiger partial charge in [0.05, 0.1) is 5.56 Å². The van der Waals surface area contributed by atoms with Gasteiger partial charge in [-0.3, -0.25) is 4.79 Å². The highest BCUT2D eigenvalue weighted by molar-refractivity contribution is 14.1. The summed E-state index contributed by atoms with van der Waals surface area (Å²) in [5.74, 6) is -0.0344. The summed E-state index contributed by atoms with van der Waals surface area (Å²) in [4.78, 5) is 12.0. The molecule has 0 fully saturated rings. The van der Waals surface area contributed by atoms with Gasteiger partial charge in [0, 0.05) is 33.5 Å². The molecule has 18 heavy (non-hydrogen) atoms. The van der Waals surface area contributed by atoms with Crippen LogP contribution in [-0.2, 0) is 6.54 Å². The van der Waals surface area contributed by atoms with Gasteiger partial charge in [-0.25, -0.2) is 0 Å². The molecule has 0 saturated heterocycles. The van der Waals surface area contributed by atoms with Gasteiger partial charge >= 0.3 is 0 Å². The van der Waals surface area contributed by atoms with E-state index in [2.05, 4.69) is 43.8 Å². The van der Waals surface area contributed by atoms with E-state index in [0.29, 0.717) is 12.1 Å². The Bertz CT molecular complexity index is 540. The van der Waals surface area contributed by atoms with Crippen molar-refractivity contribution >= 4 is 44.4 Å². The number of amides is 1. The largest absolute Gasteiger partial charge is 0.353 e. The van der Waals surface area contributed by atoms with Gasteiger partial charge in [-0.2, -0.15) is 0 Å². The van der Waals surface area contributed by atoms with Crippen molar-refractivity contribution < 1.29 is 4.79 Å². The molecule has 5 heteroatoms. The van der Waals surface area contributed by atoms with Crippen molar-refractivity contribution in [2.45, 2.75) is 6.54 Å². The topological polar surface area (TPSA) is 34.0 Å². The molecule has 0 atom stereocenters. The molecule has 0 spiro atoms. The summed E-state index contributed by atoms with van der Waals surface area (Å²) in [6, 6.07) is 9.63. The first-order valence-corrected chi connectivity index (χ1v) is 7.38. The van der Waals surface area contributed by atoms with Crippen LogP contribution in [0.1, 0.15) is 10.4 Å². The van der Waals surface area contributed by atoms with Gasteiger partial charge in [0.25, 0.3) is 5.91 Å². The molecule has 0 saturated carbocycles. The van der Waals surface area contributed by atoms with E-state index in [4.69, 9.17) is 0 Å². The minimum absolute atomic E-state index is 0.0344. The van der Waals surface area contributed by atoms with Gasteiger partial charge in [0.2, 0.25) is 0 Å². The van der Waals surface area contributed by atoms with Crippen LogP contribution in [0.15, 0.2) is 47.2 Å². The Balaban J connectivity index is 1.93. The van der Waals surface area contributed by atoms with E-state index < -0.39 is 0 Å². The van der Waals surface area contributed by atoms with E-state index >= 15 is 0 Å². The Morgan fingerprint density at radius 2 is 2.06 bits per heavy atom. The molecule has 3 nitrogen and oxygen atoms in total. The van der Waals surface area contributed by atoms with Crippen molar-refractivity contribution in [3.63, 3.8) is 0 Å². The summed E-state index contributed by atoms with van der Waals surface area (Å²) < 4.78 is 3.90. The number of carbonyl (C=O) groups excluding carboxylic acids is 1. The van der Waals surface area contributed by atoms with Crippen molar-refractivity contribution in [3.8, 4) is 0 Å². The van der Waals surface area contributed by atoms with Crippen molar-refractivity contribution in [1.29, 1.82) is 0 Å². The summed E-state index contributed by atoms with van der Waals surface area (Å²) in [5.41, 5.74) is 0.706. The molecule has 1 N–H and O–H groups in total. The number of rotatable bonds is 4. The maximum Gasteiger partial charge on any atom is 0.252 e. The lowest BCUT2D eigenvalue weighted by Crippen LogP contribution is -2.27. The van der Waals surface area contributed by atoms with Gasteiger partial charge in [-0.1, -0.05) is 15.9 Å². The fourth-order valence-corrected chi connectivity index (χ4v) is 2.53. The number of nitrogens with zero attached hydrogens (tertiary/aromatic N) is 1. The molecule has 0 aliphatic heterocycles. The predicted octanol–water partition coefficient (Wildman–Crippen LogP) is 3.29. The highest BCUT2D eigenvalue weighted by atomic mass is 127. The molecule has 2 rings (SSSR count). The molecule has 1 aromatic heterocycles. The molecule has 1 aromatic carbocycles. The average molecular weight is 419 g/mol. The molecular formula is C13H12BrIN2O. The smallest absolute Gasteiger partial charge is 0.252 e. The third-order valence-electron chi connectivity index (χ3n) is 2.49. The van der Waals surface area contributed by atoms with Crippen LogP contribution in [0.25, 0.3) is 0 Å². The Hall–Kier alpha value is -0.820. The molecule has 0 aliphatic carbocycles. The first-order chi connectivity index (χ1) is 8.66. The van der Waals surface area contributed by atoms with Gasteiger partial charge in [-0.05, 0) is 52.9 Å². The fraction of sp³-hybridized carbons (Fsp3) is 0.154. The van der Waals surface area contributed by atoms with Crippen LogP contribution in [0.3, 0.4) is 0 Å². The van der Waals surface area contributed by atoms with Gasteiger partial charge < -0.3 is 9.88 Å². The van der Waals surface area contributed by atoms with Crippen LogP contribution in [0.5, 0.6) is 0 Å². The third kappa shape index (κ3) is 3.58. The zero-order chi connectivity index (χ0) is 13.0. The van der Waals surface area contributed by atoms with Gasteiger partial charge in [0.15, 0.2) is 0 Å². The summed E-state index contributed by atoms with van der Waals surface area (Å²) in [5, 5.41) is 2.92. The summed E-state index contributed by atoms with van der Waals surface area (Å²) in [7, 11) is 0. The second-order valence-electron chi connectivity index (χ2n) is 3.80. The average Bonchev–Trinajstić information content (AvgIpc) is 2.85. The highest BCUT2D eigenvalue weighted by Crippen LogP contribution is 2.18. The number of nitrogens with one attached hydrogen (secondary N) is 1. The van der Waals surface area contributed by atoms with Crippen molar-refractivity contribution in [2.75, 3.05) is 6.54 Å². The Labute approximate surface area is 128 Å². The number of carbonyl (C=O) groups is 1. The van der Waals surface area contributed by atoms with Crippen molar-refractivity contribution in [3.05, 3.63) is 56.3 Å². The standard InChI is InChI=1S/C13H12BrIN2O/c14-10-3-4-12(15)11(9-10)13(18)16-5-8-17-6-1-2-7-17/h1-4,6-7,9H,5,8H2,(H,16,18). The van der Waals surface area contributed by atoms with Crippen molar-refractivity contribution in [2.24, 2.45) is 0 Å². The summed E-state index contributed by atoms with van der Waals surface area (Å²) in [6.07, 6.45) is 3.96. The molecule has 2 aromatic rings. The second kappa shape index (κ2) is 6.38. The number of halogens is 2. The predicted molar refractivity (Wildman–Crippen MR) is 83.6 cm³/mol. The van der Waals surface area contributed by atoms with E-state index in [1.54, 1.807) is 0 Å². The minimum Gasteiger partial charge on any atom is -0.353 e. The van der Waals surface area contributed by atoms with Crippen LogP contribution in [0, 0.1) is 3.57 Å². The summed E-state index contributed by atoms with van der Waals surface area (Å²) >= 11 is 5.54. The molecule has 0 aliphatic rings. The zero-order valence-corrected chi connectivity index (χ0v) is 13.3. The van der Waals surface area contributed by atoms with Crippen LogP contribution in [0.2, 0.25) is 0 Å². The maximum atomic E-state index is 12.0. The molecule has 94 valence electrons. The summed E-state index contributed by atoms with van der Waals surface area (Å²) in [6.45, 7) is 1.40. The van der Waals surface area contributed by atoms with E-state index in [1.165, 1.54) is 0 Å². The number of hydrogen-bond acceptors (Lipinski definition) is 1. The fourth-order valence-electron chi connectivity index (χ4n) is 1.58. The third-order valence-corrected chi connectivity index (χ3v) is 3.93. The SMILES string of the molecule is O=C(NCCn1cccc1)c1cc(Br)ccc1I. The van der Waals surface area contributed by atoms with Crippen LogP contribution in [0.4, 0.5) is 0 Å². The van der Waals surface area contributed by atoms with E-state index in [1.807, 2.05) is 47.3 Å². The number of hydrogen-bond donors (Lipinski definition) is 1. The first-order valence-electron chi connectivity index (χ1n) is 5.51. The Kier molecular flexibility index (Phi) is 4.82. The monoisotopic (exact) mass is 418 g/mol. The van der Waals surface area contributed by atoms with E-state index in [9.17, 15) is 4.79 Å². The lowest BCUT2D eigenvalue weighted by Gasteiger charge is -2.08. The number of benzene rings is 1. The quantitative estimate of drug-likeness (QED) is 0.759. The Morgan fingerprint density at radius 1 is 1.33 bits per heavy atom. The minimum atomic E-state index is -0.0344. The molecule has 0 bridgehead atoms. The van der Waals surface area contributed by atoms with Gasteiger partial charge in [-0.15, -0.1) is 0 Å². The molecule has 1 amide bonds. The van der Waals surface area contributed by atoms with Crippen LogP contribution >= 0.6 is 38.5 Å². The lowest BCUT2D eigenvalue weighted by atomic mass is 10.2. The zero-order valence-electron chi connectivity index (χ0n) is 9.57.